The highest BCUT2D eigenvalue weighted by molar-refractivity contribution is 9.10. The maximum Gasteiger partial charge on any atom is 0.403 e. The van der Waals surface area contributed by atoms with Crippen LogP contribution in [-0.4, -0.2) is 12.2 Å². The number of rotatable bonds is 2. The summed E-state index contributed by atoms with van der Waals surface area (Å²) in [6.07, 6.45) is -4.52. The standard InChI is InChI=1S/C9H9BrF3N/c10-7-3-1-2-6(4-7)5-8(14)9(11,12)13/h1-4,8H,5,14H2/t8-/m1/s1. The first-order valence-electron chi connectivity index (χ1n) is 3.96. The van der Waals surface area contributed by atoms with Gasteiger partial charge in [0, 0.05) is 4.47 Å². The second-order valence-corrected chi connectivity index (χ2v) is 3.90. The molecule has 0 bridgehead atoms. The summed E-state index contributed by atoms with van der Waals surface area (Å²) in [5.74, 6) is 0. The first-order chi connectivity index (χ1) is 6.39. The molecule has 0 aliphatic carbocycles. The minimum absolute atomic E-state index is 0.192. The van der Waals surface area contributed by atoms with Gasteiger partial charge >= 0.3 is 6.18 Å². The molecule has 78 valence electrons. The van der Waals surface area contributed by atoms with Crippen molar-refractivity contribution >= 4 is 15.9 Å². The summed E-state index contributed by atoms with van der Waals surface area (Å²) in [6, 6.07) is 4.89. The van der Waals surface area contributed by atoms with Crippen LogP contribution in [0, 0.1) is 0 Å². The monoisotopic (exact) mass is 267 g/mol. The molecule has 0 saturated carbocycles. The van der Waals surface area contributed by atoms with Crippen molar-refractivity contribution in [1.29, 1.82) is 0 Å². The highest BCUT2D eigenvalue weighted by Gasteiger charge is 2.36. The molecule has 0 aliphatic rings. The van der Waals surface area contributed by atoms with Crippen molar-refractivity contribution < 1.29 is 13.2 Å². The Hall–Kier alpha value is -0.550. The maximum atomic E-state index is 12.1. The number of hydrogen-bond acceptors (Lipinski definition) is 1. The van der Waals surface area contributed by atoms with Gasteiger partial charge in [0.25, 0.3) is 0 Å². The van der Waals surface area contributed by atoms with Gasteiger partial charge in [-0.05, 0) is 24.1 Å². The van der Waals surface area contributed by atoms with E-state index in [-0.39, 0.29) is 6.42 Å². The first-order valence-corrected chi connectivity index (χ1v) is 4.75. The van der Waals surface area contributed by atoms with E-state index in [1.165, 1.54) is 0 Å². The Kier molecular flexibility index (Phi) is 3.55. The van der Waals surface area contributed by atoms with E-state index in [4.69, 9.17) is 5.73 Å². The number of alkyl halides is 3. The molecule has 0 aliphatic heterocycles. The van der Waals surface area contributed by atoms with E-state index in [0.29, 0.717) is 5.56 Å². The van der Waals surface area contributed by atoms with Crippen molar-refractivity contribution in [3.8, 4) is 0 Å². The third-order valence-corrected chi connectivity index (χ3v) is 2.26. The van der Waals surface area contributed by atoms with Crippen molar-refractivity contribution in [2.24, 2.45) is 5.73 Å². The molecule has 5 heteroatoms. The topological polar surface area (TPSA) is 26.0 Å². The fourth-order valence-corrected chi connectivity index (χ4v) is 1.48. The summed E-state index contributed by atoms with van der Waals surface area (Å²) in [5, 5.41) is 0. The van der Waals surface area contributed by atoms with E-state index in [9.17, 15) is 13.2 Å². The van der Waals surface area contributed by atoms with Crippen LogP contribution < -0.4 is 5.73 Å². The fraction of sp³-hybridized carbons (Fsp3) is 0.333. The van der Waals surface area contributed by atoms with Gasteiger partial charge in [-0.1, -0.05) is 28.1 Å². The van der Waals surface area contributed by atoms with Crippen LogP contribution in [0.1, 0.15) is 5.56 Å². The highest BCUT2D eigenvalue weighted by atomic mass is 79.9. The van der Waals surface area contributed by atoms with E-state index in [1.54, 1.807) is 24.3 Å². The normalized spacial score (nSPS) is 14.1. The molecule has 0 radical (unpaired) electrons. The Bertz CT molecular complexity index is 311. The van der Waals surface area contributed by atoms with Crippen LogP contribution in [0.3, 0.4) is 0 Å². The summed E-state index contributed by atoms with van der Waals surface area (Å²) in [5.41, 5.74) is 5.57. The van der Waals surface area contributed by atoms with Crippen molar-refractivity contribution in [3.05, 3.63) is 34.3 Å². The Balaban J connectivity index is 2.70. The van der Waals surface area contributed by atoms with Crippen LogP contribution >= 0.6 is 15.9 Å². The summed E-state index contributed by atoms with van der Waals surface area (Å²) in [6.45, 7) is 0. The lowest BCUT2D eigenvalue weighted by molar-refractivity contribution is -0.147. The Morgan fingerprint density at radius 3 is 2.50 bits per heavy atom. The van der Waals surface area contributed by atoms with Gasteiger partial charge < -0.3 is 5.73 Å². The van der Waals surface area contributed by atoms with E-state index in [0.717, 1.165) is 4.47 Å². The molecule has 1 atom stereocenters. The van der Waals surface area contributed by atoms with Crippen LogP contribution in [0.15, 0.2) is 28.7 Å². The minimum Gasteiger partial charge on any atom is -0.320 e. The Labute approximate surface area is 88.2 Å². The van der Waals surface area contributed by atoms with Gasteiger partial charge in [-0.2, -0.15) is 13.2 Å². The van der Waals surface area contributed by atoms with Gasteiger partial charge in [0.05, 0.1) is 0 Å². The maximum absolute atomic E-state index is 12.1. The molecule has 1 aromatic rings. The van der Waals surface area contributed by atoms with Crippen LogP contribution in [0.5, 0.6) is 0 Å². The van der Waals surface area contributed by atoms with E-state index in [1.807, 2.05) is 0 Å². The van der Waals surface area contributed by atoms with Gasteiger partial charge in [0.1, 0.15) is 6.04 Å². The summed E-state index contributed by atoms with van der Waals surface area (Å²) < 4.78 is 37.0. The van der Waals surface area contributed by atoms with Gasteiger partial charge in [0.15, 0.2) is 0 Å². The SMILES string of the molecule is N[C@H](Cc1cccc(Br)c1)C(F)(F)F. The van der Waals surface area contributed by atoms with Gasteiger partial charge in [-0.25, -0.2) is 0 Å². The molecular formula is C9H9BrF3N. The van der Waals surface area contributed by atoms with Crippen molar-refractivity contribution in [3.63, 3.8) is 0 Å². The smallest absolute Gasteiger partial charge is 0.320 e. The van der Waals surface area contributed by atoms with E-state index in [2.05, 4.69) is 15.9 Å². The fourth-order valence-electron chi connectivity index (χ4n) is 1.03. The van der Waals surface area contributed by atoms with Crippen LogP contribution in [0.25, 0.3) is 0 Å². The summed E-state index contributed by atoms with van der Waals surface area (Å²) in [4.78, 5) is 0. The molecule has 14 heavy (non-hydrogen) atoms. The predicted molar refractivity (Wildman–Crippen MR) is 51.9 cm³/mol. The molecule has 0 spiro atoms. The Morgan fingerprint density at radius 1 is 1.36 bits per heavy atom. The van der Waals surface area contributed by atoms with Gasteiger partial charge in [0.2, 0.25) is 0 Å². The molecule has 0 aromatic heterocycles. The zero-order valence-corrected chi connectivity index (χ0v) is 8.77. The van der Waals surface area contributed by atoms with Crippen molar-refractivity contribution in [2.45, 2.75) is 18.6 Å². The average Bonchev–Trinajstić information content (AvgIpc) is 2.02. The molecule has 0 unspecified atom stereocenters. The van der Waals surface area contributed by atoms with Crippen molar-refractivity contribution in [2.75, 3.05) is 0 Å². The average molecular weight is 268 g/mol. The van der Waals surface area contributed by atoms with Crippen LogP contribution in [0.2, 0.25) is 0 Å². The quantitative estimate of drug-likeness (QED) is 0.876. The van der Waals surface area contributed by atoms with Gasteiger partial charge in [-0.15, -0.1) is 0 Å². The summed E-state index contributed by atoms with van der Waals surface area (Å²) >= 11 is 3.18. The lowest BCUT2D eigenvalue weighted by Crippen LogP contribution is -2.39. The minimum atomic E-state index is -4.33. The lowest BCUT2D eigenvalue weighted by Gasteiger charge is -2.15. The van der Waals surface area contributed by atoms with Crippen LogP contribution in [-0.2, 0) is 6.42 Å². The number of halogens is 4. The van der Waals surface area contributed by atoms with E-state index >= 15 is 0 Å². The largest absolute Gasteiger partial charge is 0.403 e. The molecule has 0 saturated heterocycles. The molecule has 1 rings (SSSR count). The summed E-state index contributed by atoms with van der Waals surface area (Å²) in [7, 11) is 0. The van der Waals surface area contributed by atoms with Crippen LogP contribution in [0.4, 0.5) is 13.2 Å². The predicted octanol–water partition coefficient (Wildman–Crippen LogP) is 2.88. The molecule has 0 fully saturated rings. The van der Waals surface area contributed by atoms with Gasteiger partial charge in [-0.3, -0.25) is 0 Å². The number of hydrogen-bond donors (Lipinski definition) is 1. The van der Waals surface area contributed by atoms with Crippen molar-refractivity contribution in [1.82, 2.24) is 0 Å². The molecule has 1 aromatic carbocycles. The molecule has 2 N–H and O–H groups in total. The number of benzene rings is 1. The zero-order chi connectivity index (χ0) is 10.8. The second-order valence-electron chi connectivity index (χ2n) is 2.98. The first kappa shape index (κ1) is 11.5. The zero-order valence-electron chi connectivity index (χ0n) is 7.18. The molecule has 0 heterocycles. The second kappa shape index (κ2) is 4.31. The third kappa shape index (κ3) is 3.31. The molecular weight excluding hydrogens is 259 g/mol. The number of nitrogens with two attached hydrogens (primary N) is 1. The highest BCUT2D eigenvalue weighted by Crippen LogP contribution is 2.22. The lowest BCUT2D eigenvalue weighted by atomic mass is 10.1. The third-order valence-electron chi connectivity index (χ3n) is 1.77. The molecule has 0 amide bonds. The van der Waals surface area contributed by atoms with E-state index < -0.39 is 12.2 Å². The Morgan fingerprint density at radius 2 is 2.00 bits per heavy atom. The molecule has 1 nitrogen and oxygen atoms in total.